The Kier molecular flexibility index (Phi) is 4.22. The van der Waals surface area contributed by atoms with E-state index in [1.165, 1.54) is 0 Å². The lowest BCUT2D eigenvalue weighted by atomic mass is 9.72. The Morgan fingerprint density at radius 1 is 1.31 bits per heavy atom. The molecule has 0 aromatic rings. The zero-order valence-corrected chi connectivity index (χ0v) is 10.4. The van der Waals surface area contributed by atoms with Gasteiger partial charge in [0, 0.05) is 18.6 Å². The molecule has 0 aromatic carbocycles. The van der Waals surface area contributed by atoms with Crippen LogP contribution in [0.3, 0.4) is 0 Å². The second-order valence-corrected chi connectivity index (χ2v) is 5.35. The lowest BCUT2D eigenvalue weighted by molar-refractivity contribution is -0.101. The molecule has 1 unspecified atom stereocenters. The summed E-state index contributed by atoms with van der Waals surface area (Å²) in [7, 11) is 0. The molecule has 1 saturated carbocycles. The van der Waals surface area contributed by atoms with Gasteiger partial charge in [0.1, 0.15) is 0 Å². The first-order valence-corrected chi connectivity index (χ1v) is 6.78. The van der Waals surface area contributed by atoms with Crippen molar-refractivity contribution in [2.45, 2.75) is 57.1 Å². The minimum atomic E-state index is -0.438. The SMILES string of the molecule is CCNC1CCC(O)(C2CCCOC2)CC1. The van der Waals surface area contributed by atoms with Crippen molar-refractivity contribution in [3.05, 3.63) is 0 Å². The first kappa shape index (κ1) is 12.3. The Bertz CT molecular complexity index is 206. The van der Waals surface area contributed by atoms with Crippen molar-refractivity contribution in [1.82, 2.24) is 5.32 Å². The third-order valence-electron chi connectivity index (χ3n) is 4.26. The summed E-state index contributed by atoms with van der Waals surface area (Å²) < 4.78 is 5.50. The van der Waals surface area contributed by atoms with Gasteiger partial charge in [0.2, 0.25) is 0 Å². The third-order valence-corrected chi connectivity index (χ3v) is 4.26. The molecule has 0 aromatic heterocycles. The van der Waals surface area contributed by atoms with Crippen molar-refractivity contribution in [3.63, 3.8) is 0 Å². The van der Waals surface area contributed by atoms with Gasteiger partial charge < -0.3 is 15.2 Å². The highest BCUT2D eigenvalue weighted by molar-refractivity contribution is 4.93. The second kappa shape index (κ2) is 5.48. The molecular formula is C13H25NO2. The quantitative estimate of drug-likeness (QED) is 0.771. The number of ether oxygens (including phenoxy) is 1. The van der Waals surface area contributed by atoms with Crippen LogP contribution in [-0.4, -0.2) is 36.5 Å². The van der Waals surface area contributed by atoms with E-state index in [1.807, 2.05) is 0 Å². The molecule has 1 aliphatic carbocycles. The normalized spacial score (nSPS) is 40.9. The molecule has 2 N–H and O–H groups in total. The first-order chi connectivity index (χ1) is 7.74. The zero-order valence-electron chi connectivity index (χ0n) is 10.4. The maximum Gasteiger partial charge on any atom is 0.0699 e. The molecule has 1 heterocycles. The fraction of sp³-hybridized carbons (Fsp3) is 1.00. The molecule has 0 amide bonds. The molecule has 3 heteroatoms. The molecule has 3 nitrogen and oxygen atoms in total. The van der Waals surface area contributed by atoms with Crippen LogP contribution < -0.4 is 5.32 Å². The van der Waals surface area contributed by atoms with Gasteiger partial charge in [0.15, 0.2) is 0 Å². The Hall–Kier alpha value is -0.120. The van der Waals surface area contributed by atoms with Gasteiger partial charge in [0.05, 0.1) is 12.2 Å². The average Bonchev–Trinajstić information content (AvgIpc) is 2.34. The van der Waals surface area contributed by atoms with E-state index >= 15 is 0 Å². The lowest BCUT2D eigenvalue weighted by Gasteiger charge is -2.43. The lowest BCUT2D eigenvalue weighted by Crippen LogP contribution is -2.48. The van der Waals surface area contributed by atoms with Crippen LogP contribution in [-0.2, 0) is 4.74 Å². The van der Waals surface area contributed by atoms with E-state index in [-0.39, 0.29) is 0 Å². The Morgan fingerprint density at radius 2 is 2.06 bits per heavy atom. The summed E-state index contributed by atoms with van der Waals surface area (Å²) in [6.45, 7) is 4.83. The second-order valence-electron chi connectivity index (χ2n) is 5.35. The molecular weight excluding hydrogens is 202 g/mol. The van der Waals surface area contributed by atoms with Gasteiger partial charge in [-0.1, -0.05) is 6.92 Å². The molecule has 0 radical (unpaired) electrons. The van der Waals surface area contributed by atoms with Gasteiger partial charge in [0.25, 0.3) is 0 Å². The molecule has 1 atom stereocenters. The van der Waals surface area contributed by atoms with Gasteiger partial charge in [-0.2, -0.15) is 0 Å². The van der Waals surface area contributed by atoms with Crippen molar-refractivity contribution in [2.24, 2.45) is 5.92 Å². The molecule has 2 rings (SSSR count). The van der Waals surface area contributed by atoms with Crippen LogP contribution in [0, 0.1) is 5.92 Å². The highest BCUT2D eigenvalue weighted by Crippen LogP contribution is 2.38. The van der Waals surface area contributed by atoms with Crippen LogP contribution in [0.25, 0.3) is 0 Å². The fourth-order valence-electron chi connectivity index (χ4n) is 3.18. The Morgan fingerprint density at radius 3 is 2.62 bits per heavy atom. The van der Waals surface area contributed by atoms with Crippen molar-refractivity contribution < 1.29 is 9.84 Å². The predicted molar refractivity (Wildman–Crippen MR) is 64.4 cm³/mol. The molecule has 0 spiro atoms. The molecule has 2 fully saturated rings. The molecule has 0 bridgehead atoms. The van der Waals surface area contributed by atoms with Crippen molar-refractivity contribution in [2.75, 3.05) is 19.8 Å². The van der Waals surface area contributed by atoms with Crippen LogP contribution in [0.15, 0.2) is 0 Å². The summed E-state index contributed by atoms with van der Waals surface area (Å²) >= 11 is 0. The maximum absolute atomic E-state index is 10.7. The topological polar surface area (TPSA) is 41.5 Å². The van der Waals surface area contributed by atoms with Crippen molar-refractivity contribution in [1.29, 1.82) is 0 Å². The molecule has 94 valence electrons. The van der Waals surface area contributed by atoms with E-state index in [2.05, 4.69) is 12.2 Å². The van der Waals surface area contributed by atoms with Crippen LogP contribution in [0.2, 0.25) is 0 Å². The highest BCUT2D eigenvalue weighted by atomic mass is 16.5. The van der Waals surface area contributed by atoms with Crippen LogP contribution in [0.4, 0.5) is 0 Å². The molecule has 1 saturated heterocycles. The van der Waals surface area contributed by atoms with E-state index in [4.69, 9.17) is 4.74 Å². The fourth-order valence-corrected chi connectivity index (χ4v) is 3.18. The Labute approximate surface area is 98.6 Å². The van der Waals surface area contributed by atoms with E-state index in [0.29, 0.717) is 12.0 Å². The predicted octanol–water partition coefficient (Wildman–Crippen LogP) is 1.70. The minimum absolute atomic E-state index is 0.379. The molecule has 1 aliphatic heterocycles. The summed E-state index contributed by atoms with van der Waals surface area (Å²) in [5, 5.41) is 14.2. The standard InChI is InChI=1S/C13H25NO2/c1-2-14-12-5-7-13(15,8-6-12)11-4-3-9-16-10-11/h11-12,14-15H,2-10H2,1H3. The maximum atomic E-state index is 10.7. The molecule has 2 aliphatic rings. The zero-order chi connectivity index (χ0) is 11.4. The monoisotopic (exact) mass is 227 g/mol. The van der Waals surface area contributed by atoms with E-state index in [0.717, 1.165) is 58.3 Å². The summed E-state index contributed by atoms with van der Waals surface area (Å²) in [6, 6.07) is 0.620. The van der Waals surface area contributed by atoms with Gasteiger partial charge in [-0.15, -0.1) is 0 Å². The average molecular weight is 227 g/mol. The highest BCUT2D eigenvalue weighted by Gasteiger charge is 2.40. The summed E-state index contributed by atoms with van der Waals surface area (Å²) in [6.07, 6.45) is 6.37. The van der Waals surface area contributed by atoms with Crippen LogP contribution in [0.5, 0.6) is 0 Å². The van der Waals surface area contributed by atoms with E-state index < -0.39 is 5.60 Å². The van der Waals surface area contributed by atoms with Gasteiger partial charge in [-0.3, -0.25) is 0 Å². The smallest absolute Gasteiger partial charge is 0.0699 e. The Balaban J connectivity index is 1.84. The number of aliphatic hydroxyl groups is 1. The summed E-state index contributed by atoms with van der Waals surface area (Å²) in [4.78, 5) is 0. The number of nitrogens with one attached hydrogen (secondary N) is 1. The third kappa shape index (κ3) is 2.76. The van der Waals surface area contributed by atoms with E-state index in [1.54, 1.807) is 0 Å². The van der Waals surface area contributed by atoms with E-state index in [9.17, 15) is 5.11 Å². The van der Waals surface area contributed by atoms with Crippen LogP contribution >= 0.6 is 0 Å². The van der Waals surface area contributed by atoms with Crippen molar-refractivity contribution in [3.8, 4) is 0 Å². The molecule has 16 heavy (non-hydrogen) atoms. The minimum Gasteiger partial charge on any atom is -0.390 e. The summed E-state index contributed by atoms with van der Waals surface area (Å²) in [5.41, 5.74) is -0.438. The number of rotatable bonds is 3. The number of hydrogen-bond donors (Lipinski definition) is 2. The largest absolute Gasteiger partial charge is 0.390 e. The van der Waals surface area contributed by atoms with Gasteiger partial charge in [-0.05, 0) is 45.1 Å². The van der Waals surface area contributed by atoms with Gasteiger partial charge in [-0.25, -0.2) is 0 Å². The summed E-state index contributed by atoms with van der Waals surface area (Å²) in [5.74, 6) is 0.379. The van der Waals surface area contributed by atoms with Crippen LogP contribution in [0.1, 0.15) is 45.4 Å². The first-order valence-electron chi connectivity index (χ1n) is 6.78. The van der Waals surface area contributed by atoms with Crippen molar-refractivity contribution >= 4 is 0 Å². The van der Waals surface area contributed by atoms with Gasteiger partial charge >= 0.3 is 0 Å². The number of hydrogen-bond acceptors (Lipinski definition) is 3.